The molecule has 3 rings (SSSR count). The molecule has 1 aromatic heterocycles. The Balaban J connectivity index is 1.60. The molecule has 1 aliphatic carbocycles. The average Bonchev–Trinajstić information content (AvgIpc) is 3.10. The molecule has 1 saturated carbocycles. The summed E-state index contributed by atoms with van der Waals surface area (Å²) in [4.78, 5) is 14.4. The minimum atomic E-state index is 0.0551. The Kier molecular flexibility index (Phi) is 3.92. The molecule has 1 saturated heterocycles. The summed E-state index contributed by atoms with van der Waals surface area (Å²) in [6.07, 6.45) is 7.79. The smallest absolute Gasteiger partial charge is 0.284 e. The molecule has 110 valence electrons. The van der Waals surface area contributed by atoms with Gasteiger partial charge in [0.25, 0.3) is 5.91 Å². The summed E-state index contributed by atoms with van der Waals surface area (Å²) in [5, 5.41) is 12.4. The predicted octanol–water partition coefficient (Wildman–Crippen LogP) is 2.77. The van der Waals surface area contributed by atoms with Crippen LogP contribution >= 0.6 is 11.3 Å². The molecule has 1 aromatic rings. The summed E-state index contributed by atoms with van der Waals surface area (Å²) in [5.74, 6) is 0.0551. The molecule has 20 heavy (non-hydrogen) atoms. The van der Waals surface area contributed by atoms with Crippen LogP contribution in [0.1, 0.15) is 55.3 Å². The molecule has 0 unspecified atom stereocenters. The van der Waals surface area contributed by atoms with E-state index < -0.39 is 0 Å². The maximum absolute atomic E-state index is 12.4. The van der Waals surface area contributed by atoms with E-state index in [0.29, 0.717) is 10.4 Å². The van der Waals surface area contributed by atoms with Crippen molar-refractivity contribution in [2.45, 2.75) is 45.4 Å². The van der Waals surface area contributed by atoms with Crippen LogP contribution in [0.2, 0.25) is 0 Å². The number of aromatic nitrogens is 2. The van der Waals surface area contributed by atoms with Crippen LogP contribution in [-0.2, 0) is 0 Å². The Morgan fingerprint density at radius 2 is 1.95 bits per heavy atom. The second-order valence-electron chi connectivity index (χ2n) is 5.94. The molecule has 1 spiro atoms. The van der Waals surface area contributed by atoms with E-state index in [1.54, 1.807) is 0 Å². The lowest BCUT2D eigenvalue weighted by molar-refractivity contribution is 0.0586. The molecule has 2 fully saturated rings. The van der Waals surface area contributed by atoms with Crippen LogP contribution < -0.4 is 5.32 Å². The zero-order valence-corrected chi connectivity index (χ0v) is 12.8. The topological polar surface area (TPSA) is 58.1 Å². The lowest BCUT2D eigenvalue weighted by Gasteiger charge is -2.39. The standard InChI is InChI=1S/C14H22N4OS/c1-2-15-13-17-16-11(20-13)12(19)18-9-7-14(8-10-18)5-3-4-6-14/h2-10H2,1H3,(H,15,17). The quantitative estimate of drug-likeness (QED) is 0.931. The summed E-state index contributed by atoms with van der Waals surface area (Å²) < 4.78 is 0. The van der Waals surface area contributed by atoms with Gasteiger partial charge in [-0.15, -0.1) is 10.2 Å². The van der Waals surface area contributed by atoms with E-state index in [1.165, 1.54) is 37.0 Å². The van der Waals surface area contributed by atoms with Crippen molar-refractivity contribution in [2.75, 3.05) is 25.0 Å². The molecule has 0 atom stereocenters. The second kappa shape index (κ2) is 5.68. The van der Waals surface area contributed by atoms with E-state index in [4.69, 9.17) is 0 Å². The van der Waals surface area contributed by atoms with Crippen molar-refractivity contribution in [1.29, 1.82) is 0 Å². The largest absolute Gasteiger partial charge is 0.360 e. The Bertz CT molecular complexity index is 471. The van der Waals surface area contributed by atoms with Gasteiger partial charge in [-0.2, -0.15) is 0 Å². The van der Waals surface area contributed by atoms with Crippen molar-refractivity contribution in [3.63, 3.8) is 0 Å². The van der Waals surface area contributed by atoms with Crippen LogP contribution in [0.25, 0.3) is 0 Å². The van der Waals surface area contributed by atoms with Gasteiger partial charge in [0.2, 0.25) is 10.1 Å². The molecule has 5 nitrogen and oxygen atoms in total. The van der Waals surface area contributed by atoms with Crippen molar-refractivity contribution in [3.8, 4) is 0 Å². The van der Waals surface area contributed by atoms with Crippen LogP contribution in [0, 0.1) is 5.41 Å². The number of hydrogen-bond donors (Lipinski definition) is 1. The molecular weight excluding hydrogens is 272 g/mol. The van der Waals surface area contributed by atoms with Gasteiger partial charge in [-0.1, -0.05) is 24.2 Å². The first-order chi connectivity index (χ1) is 9.72. The van der Waals surface area contributed by atoms with Gasteiger partial charge in [0.15, 0.2) is 0 Å². The highest BCUT2D eigenvalue weighted by molar-refractivity contribution is 7.17. The first-order valence-electron chi connectivity index (χ1n) is 7.59. The number of anilines is 1. The summed E-state index contributed by atoms with van der Waals surface area (Å²) in [7, 11) is 0. The van der Waals surface area contributed by atoms with Gasteiger partial charge >= 0.3 is 0 Å². The summed E-state index contributed by atoms with van der Waals surface area (Å²) in [5.41, 5.74) is 0.548. The van der Waals surface area contributed by atoms with Gasteiger partial charge in [0.05, 0.1) is 0 Å². The van der Waals surface area contributed by atoms with Gasteiger partial charge in [0, 0.05) is 19.6 Å². The molecule has 2 aliphatic rings. The van der Waals surface area contributed by atoms with E-state index in [2.05, 4.69) is 15.5 Å². The second-order valence-corrected chi connectivity index (χ2v) is 6.92. The third-order valence-electron chi connectivity index (χ3n) is 4.71. The monoisotopic (exact) mass is 294 g/mol. The first kappa shape index (κ1) is 13.8. The van der Waals surface area contributed by atoms with Gasteiger partial charge in [-0.3, -0.25) is 4.79 Å². The number of carbonyl (C=O) groups excluding carboxylic acids is 1. The predicted molar refractivity (Wildman–Crippen MR) is 80.1 cm³/mol. The van der Waals surface area contributed by atoms with Crippen LogP contribution in [0.5, 0.6) is 0 Å². The first-order valence-corrected chi connectivity index (χ1v) is 8.41. The molecule has 6 heteroatoms. The number of carbonyl (C=O) groups is 1. The van der Waals surface area contributed by atoms with Crippen molar-refractivity contribution in [2.24, 2.45) is 5.41 Å². The summed E-state index contributed by atoms with van der Waals surface area (Å²) in [6, 6.07) is 0. The van der Waals surface area contributed by atoms with E-state index in [0.717, 1.165) is 37.6 Å². The Morgan fingerprint density at radius 1 is 1.25 bits per heavy atom. The lowest BCUT2D eigenvalue weighted by atomic mass is 9.77. The van der Waals surface area contributed by atoms with Gasteiger partial charge in [-0.05, 0) is 38.0 Å². The third kappa shape index (κ3) is 2.66. The number of nitrogens with one attached hydrogen (secondary N) is 1. The molecule has 0 radical (unpaired) electrons. The number of rotatable bonds is 3. The van der Waals surface area contributed by atoms with Crippen molar-refractivity contribution >= 4 is 22.4 Å². The Morgan fingerprint density at radius 3 is 2.60 bits per heavy atom. The minimum absolute atomic E-state index is 0.0551. The van der Waals surface area contributed by atoms with Gasteiger partial charge in [0.1, 0.15) is 0 Å². The molecule has 2 heterocycles. The highest BCUT2D eigenvalue weighted by Crippen LogP contribution is 2.46. The third-order valence-corrected chi connectivity index (χ3v) is 5.58. The van der Waals surface area contributed by atoms with E-state index >= 15 is 0 Å². The zero-order valence-electron chi connectivity index (χ0n) is 12.0. The van der Waals surface area contributed by atoms with E-state index in [1.807, 2.05) is 11.8 Å². The Labute approximate surface area is 123 Å². The van der Waals surface area contributed by atoms with Crippen LogP contribution in [0.3, 0.4) is 0 Å². The van der Waals surface area contributed by atoms with E-state index in [-0.39, 0.29) is 5.91 Å². The summed E-state index contributed by atoms with van der Waals surface area (Å²) >= 11 is 1.36. The molecular formula is C14H22N4OS. The zero-order chi connectivity index (χ0) is 14.0. The number of nitrogens with zero attached hydrogens (tertiary/aromatic N) is 3. The molecule has 0 aromatic carbocycles. The number of piperidine rings is 1. The number of amides is 1. The number of hydrogen-bond acceptors (Lipinski definition) is 5. The molecule has 1 N–H and O–H groups in total. The fraction of sp³-hybridized carbons (Fsp3) is 0.786. The SMILES string of the molecule is CCNc1nnc(C(=O)N2CCC3(CCCC3)CC2)s1. The highest BCUT2D eigenvalue weighted by Gasteiger charge is 2.38. The fourth-order valence-electron chi connectivity index (χ4n) is 3.48. The fourth-order valence-corrected chi connectivity index (χ4v) is 4.26. The van der Waals surface area contributed by atoms with Crippen molar-refractivity contribution < 1.29 is 4.79 Å². The van der Waals surface area contributed by atoms with Crippen molar-refractivity contribution in [1.82, 2.24) is 15.1 Å². The maximum atomic E-state index is 12.4. The van der Waals surface area contributed by atoms with Crippen LogP contribution in [-0.4, -0.2) is 40.6 Å². The molecule has 0 bridgehead atoms. The normalized spacial score (nSPS) is 21.4. The van der Waals surface area contributed by atoms with Crippen LogP contribution in [0.4, 0.5) is 5.13 Å². The Hall–Kier alpha value is -1.17. The van der Waals surface area contributed by atoms with Gasteiger partial charge < -0.3 is 10.2 Å². The summed E-state index contributed by atoms with van der Waals surface area (Å²) in [6.45, 7) is 4.58. The lowest BCUT2D eigenvalue weighted by Crippen LogP contribution is -2.42. The minimum Gasteiger partial charge on any atom is -0.360 e. The van der Waals surface area contributed by atoms with Crippen molar-refractivity contribution in [3.05, 3.63) is 5.01 Å². The number of likely N-dealkylation sites (tertiary alicyclic amines) is 1. The van der Waals surface area contributed by atoms with Gasteiger partial charge in [-0.25, -0.2) is 0 Å². The van der Waals surface area contributed by atoms with E-state index in [9.17, 15) is 4.79 Å². The maximum Gasteiger partial charge on any atom is 0.284 e. The highest BCUT2D eigenvalue weighted by atomic mass is 32.1. The van der Waals surface area contributed by atoms with Crippen LogP contribution in [0.15, 0.2) is 0 Å². The molecule has 1 amide bonds. The molecule has 1 aliphatic heterocycles. The average molecular weight is 294 g/mol.